The molecule has 1 unspecified atom stereocenters. The summed E-state index contributed by atoms with van der Waals surface area (Å²) in [5.41, 5.74) is 0. The molecule has 0 aliphatic rings. The molecule has 2 nitrogen and oxygen atoms in total. The molecule has 0 aliphatic heterocycles. The summed E-state index contributed by atoms with van der Waals surface area (Å²) >= 11 is 0. The van der Waals surface area contributed by atoms with Crippen molar-refractivity contribution in [1.82, 2.24) is 0 Å². The number of hydrogen-bond acceptors (Lipinski definition) is 1. The predicted octanol–water partition coefficient (Wildman–Crippen LogP) is 1.06. The molecule has 1 N–H and O–H groups in total. The van der Waals surface area contributed by atoms with Crippen molar-refractivity contribution in [2.45, 2.75) is 19.0 Å². The Labute approximate surface area is 49.3 Å². The summed E-state index contributed by atoms with van der Waals surface area (Å²) in [4.78, 5) is 9.47. The maximum absolute atomic E-state index is 11.7. The number of carbonyl (C=O) groups is 1. The largest absolute Gasteiger partial charge is 0.477 e. The molecule has 1 atom stereocenters. The van der Waals surface area contributed by atoms with Gasteiger partial charge < -0.3 is 5.11 Å². The average molecular weight is 142 g/mol. The molecule has 0 amide bonds. The number of alkyl halides is 3. The van der Waals surface area contributed by atoms with Gasteiger partial charge in [-0.05, 0) is 6.92 Å². The van der Waals surface area contributed by atoms with Gasteiger partial charge in [0.1, 0.15) is 0 Å². The third-order valence-corrected chi connectivity index (χ3v) is 0.785. The Hall–Kier alpha value is -0.740. The zero-order valence-electron chi connectivity index (χ0n) is 4.57. The normalized spacial score (nSPS) is 15.1. The van der Waals surface area contributed by atoms with Crippen molar-refractivity contribution < 1.29 is 23.1 Å². The first kappa shape index (κ1) is 8.26. The summed E-state index contributed by atoms with van der Waals surface area (Å²) in [5.74, 6) is -6.68. The second-order valence-corrected chi connectivity index (χ2v) is 1.54. The molecule has 0 aromatic rings. The molecule has 0 aromatic carbocycles. The van der Waals surface area contributed by atoms with Crippen LogP contribution in [0.1, 0.15) is 6.92 Å². The van der Waals surface area contributed by atoms with Crippen molar-refractivity contribution >= 4 is 5.97 Å². The van der Waals surface area contributed by atoms with E-state index < -0.39 is 18.1 Å². The zero-order chi connectivity index (χ0) is 7.65. The summed E-state index contributed by atoms with van der Waals surface area (Å²) in [5, 5.41) is 7.62. The molecular formula is C4H5F3O2. The van der Waals surface area contributed by atoms with Crippen LogP contribution in [-0.4, -0.2) is 23.2 Å². The third kappa shape index (κ3) is 1.58. The first-order chi connectivity index (χ1) is 3.89. The van der Waals surface area contributed by atoms with Gasteiger partial charge in [-0.25, -0.2) is 9.18 Å². The van der Waals surface area contributed by atoms with Gasteiger partial charge in [-0.15, -0.1) is 0 Å². The van der Waals surface area contributed by atoms with Crippen molar-refractivity contribution in [2.75, 3.05) is 0 Å². The van der Waals surface area contributed by atoms with Gasteiger partial charge in [0.2, 0.25) is 0 Å². The minimum atomic E-state index is -4.25. The van der Waals surface area contributed by atoms with Crippen LogP contribution in [0.25, 0.3) is 0 Å². The first-order valence-corrected chi connectivity index (χ1v) is 2.14. The fourth-order valence-corrected chi connectivity index (χ4v) is 0.170. The predicted molar refractivity (Wildman–Crippen MR) is 23.2 cm³/mol. The number of rotatable bonds is 2. The Morgan fingerprint density at radius 1 is 1.67 bits per heavy atom. The van der Waals surface area contributed by atoms with Crippen LogP contribution in [0.4, 0.5) is 13.2 Å². The van der Waals surface area contributed by atoms with E-state index in [0.717, 1.165) is 0 Å². The summed E-state index contributed by atoms with van der Waals surface area (Å²) < 4.78 is 35.0. The van der Waals surface area contributed by atoms with Gasteiger partial charge >= 0.3 is 11.9 Å². The fourth-order valence-electron chi connectivity index (χ4n) is 0.170. The molecule has 54 valence electrons. The first-order valence-electron chi connectivity index (χ1n) is 2.14. The van der Waals surface area contributed by atoms with Crippen LogP contribution in [0.15, 0.2) is 0 Å². The van der Waals surface area contributed by atoms with E-state index in [2.05, 4.69) is 0 Å². The standard InChI is InChI=1S/C4H5F3O2/c1-2(5)4(6,7)3(8)9/h2H,1H3,(H,8,9). The van der Waals surface area contributed by atoms with E-state index in [1.807, 2.05) is 0 Å². The van der Waals surface area contributed by atoms with Crippen molar-refractivity contribution in [3.63, 3.8) is 0 Å². The molecule has 5 heteroatoms. The topological polar surface area (TPSA) is 37.3 Å². The van der Waals surface area contributed by atoms with E-state index >= 15 is 0 Å². The van der Waals surface area contributed by atoms with Gasteiger partial charge in [0.05, 0.1) is 0 Å². The second kappa shape index (κ2) is 2.24. The summed E-state index contributed by atoms with van der Waals surface area (Å²) in [6, 6.07) is 0. The number of halogens is 3. The van der Waals surface area contributed by atoms with E-state index in [1.54, 1.807) is 0 Å². The maximum atomic E-state index is 11.7. The smallest absolute Gasteiger partial charge is 0.377 e. The van der Waals surface area contributed by atoms with Gasteiger partial charge in [0.25, 0.3) is 0 Å². The highest BCUT2D eigenvalue weighted by atomic mass is 19.3. The minimum absolute atomic E-state index is 0.494. The maximum Gasteiger partial charge on any atom is 0.377 e. The molecular weight excluding hydrogens is 137 g/mol. The van der Waals surface area contributed by atoms with E-state index in [-0.39, 0.29) is 0 Å². The zero-order valence-corrected chi connectivity index (χ0v) is 4.57. The quantitative estimate of drug-likeness (QED) is 0.625. The van der Waals surface area contributed by atoms with Crippen LogP contribution in [0, 0.1) is 0 Å². The number of hydrogen-bond donors (Lipinski definition) is 1. The highest BCUT2D eigenvalue weighted by Gasteiger charge is 2.45. The lowest BCUT2D eigenvalue weighted by Gasteiger charge is -2.10. The van der Waals surface area contributed by atoms with Gasteiger partial charge in [-0.2, -0.15) is 8.78 Å². The van der Waals surface area contributed by atoms with Crippen molar-refractivity contribution in [1.29, 1.82) is 0 Å². The van der Waals surface area contributed by atoms with Crippen molar-refractivity contribution in [3.8, 4) is 0 Å². The van der Waals surface area contributed by atoms with Crippen LogP contribution in [0.3, 0.4) is 0 Å². The molecule has 0 fully saturated rings. The highest BCUT2D eigenvalue weighted by molar-refractivity contribution is 5.75. The molecule has 0 saturated carbocycles. The van der Waals surface area contributed by atoms with Gasteiger partial charge in [-0.1, -0.05) is 0 Å². The lowest BCUT2D eigenvalue weighted by atomic mass is 10.2. The molecule has 0 aromatic heterocycles. The third-order valence-electron chi connectivity index (χ3n) is 0.785. The van der Waals surface area contributed by atoms with E-state index in [1.165, 1.54) is 0 Å². The second-order valence-electron chi connectivity index (χ2n) is 1.54. The monoisotopic (exact) mass is 142 g/mol. The lowest BCUT2D eigenvalue weighted by Crippen LogP contribution is -2.36. The molecule has 0 saturated heterocycles. The molecule has 0 radical (unpaired) electrons. The van der Waals surface area contributed by atoms with Gasteiger partial charge in [0.15, 0.2) is 6.17 Å². The number of aliphatic carboxylic acids is 1. The van der Waals surface area contributed by atoms with E-state index in [0.29, 0.717) is 6.92 Å². The molecule has 0 heterocycles. The summed E-state index contributed by atoms with van der Waals surface area (Å²) in [6.45, 7) is 0.494. The number of carboxylic acid groups (broad SMARTS) is 1. The van der Waals surface area contributed by atoms with Crippen LogP contribution >= 0.6 is 0 Å². The van der Waals surface area contributed by atoms with Crippen LogP contribution in [0.2, 0.25) is 0 Å². The van der Waals surface area contributed by atoms with Crippen molar-refractivity contribution in [3.05, 3.63) is 0 Å². The Morgan fingerprint density at radius 2 is 2.00 bits per heavy atom. The van der Waals surface area contributed by atoms with Crippen LogP contribution < -0.4 is 0 Å². The van der Waals surface area contributed by atoms with Gasteiger partial charge in [0, 0.05) is 0 Å². The lowest BCUT2D eigenvalue weighted by molar-refractivity contribution is -0.173. The van der Waals surface area contributed by atoms with Crippen LogP contribution in [-0.2, 0) is 4.79 Å². The van der Waals surface area contributed by atoms with Gasteiger partial charge in [-0.3, -0.25) is 0 Å². The summed E-state index contributed by atoms with van der Waals surface area (Å²) in [6.07, 6.45) is -2.64. The van der Waals surface area contributed by atoms with Crippen molar-refractivity contribution in [2.24, 2.45) is 0 Å². The Kier molecular flexibility index (Phi) is 2.06. The Morgan fingerprint density at radius 3 is 2.00 bits per heavy atom. The fraction of sp³-hybridized carbons (Fsp3) is 0.750. The SMILES string of the molecule is CC(F)C(F)(F)C(=O)O. The number of carboxylic acids is 1. The Balaban J connectivity index is 4.19. The molecule has 0 aliphatic carbocycles. The average Bonchev–Trinajstić information content (AvgIpc) is 1.65. The van der Waals surface area contributed by atoms with Crippen LogP contribution in [0.5, 0.6) is 0 Å². The summed E-state index contributed by atoms with van der Waals surface area (Å²) in [7, 11) is 0. The molecule has 0 spiro atoms. The highest BCUT2D eigenvalue weighted by Crippen LogP contribution is 2.20. The van der Waals surface area contributed by atoms with E-state index in [4.69, 9.17) is 5.11 Å². The molecule has 0 rings (SSSR count). The molecule has 0 bridgehead atoms. The Bertz CT molecular complexity index is 121. The van der Waals surface area contributed by atoms with E-state index in [9.17, 15) is 18.0 Å². The molecule has 9 heavy (non-hydrogen) atoms. The minimum Gasteiger partial charge on any atom is -0.477 e.